The van der Waals surface area contributed by atoms with Crippen LogP contribution in [0.3, 0.4) is 0 Å². The highest BCUT2D eigenvalue weighted by Gasteiger charge is 2.09. The molecule has 132 valence electrons. The molecule has 3 rings (SSSR count). The van der Waals surface area contributed by atoms with Gasteiger partial charge in [-0.05, 0) is 49.2 Å². The molecule has 0 saturated heterocycles. The minimum atomic E-state index is 0.289. The van der Waals surface area contributed by atoms with Crippen LogP contribution in [-0.4, -0.2) is 9.97 Å². The van der Waals surface area contributed by atoms with E-state index < -0.39 is 0 Å². The summed E-state index contributed by atoms with van der Waals surface area (Å²) >= 11 is 6.14. The molecule has 0 radical (unpaired) electrons. The lowest BCUT2D eigenvalue weighted by molar-refractivity contribution is 1.16. The van der Waals surface area contributed by atoms with Crippen LogP contribution in [0.2, 0.25) is 5.15 Å². The van der Waals surface area contributed by atoms with E-state index in [1.165, 1.54) is 0 Å². The van der Waals surface area contributed by atoms with Crippen molar-refractivity contribution in [2.45, 2.75) is 13.8 Å². The highest BCUT2D eigenvalue weighted by molar-refractivity contribution is 6.29. The van der Waals surface area contributed by atoms with Crippen LogP contribution in [0.15, 0.2) is 42.5 Å². The molecule has 0 atom stereocenters. The molecule has 3 aromatic rings. The number of anilines is 4. The van der Waals surface area contributed by atoms with Crippen molar-refractivity contribution >= 4 is 40.4 Å². The monoisotopic (exact) mass is 374 g/mol. The minimum Gasteiger partial charge on any atom is -0.340 e. The van der Waals surface area contributed by atoms with Crippen molar-refractivity contribution in [2.75, 3.05) is 10.6 Å². The van der Waals surface area contributed by atoms with Crippen LogP contribution in [0, 0.1) is 31.8 Å². The topological polar surface area (TPSA) is 78.0 Å². The molecule has 0 bridgehead atoms. The van der Waals surface area contributed by atoms with E-state index in [2.05, 4.69) is 31.5 Å². The molecule has 0 fully saturated rings. The molecule has 0 spiro atoms. The van der Waals surface area contributed by atoms with E-state index in [9.17, 15) is 0 Å². The fourth-order valence-corrected chi connectivity index (χ4v) is 2.82. The van der Waals surface area contributed by atoms with Crippen LogP contribution in [0.25, 0.3) is 4.85 Å². The van der Waals surface area contributed by atoms with Crippen molar-refractivity contribution in [3.05, 3.63) is 75.7 Å². The van der Waals surface area contributed by atoms with Gasteiger partial charge in [0.15, 0.2) is 5.69 Å². The molecule has 27 heavy (non-hydrogen) atoms. The number of aromatic nitrogens is 2. The number of nitrogens with zero attached hydrogens (tertiary/aromatic N) is 4. The zero-order valence-electron chi connectivity index (χ0n) is 14.7. The first-order chi connectivity index (χ1) is 13.0. The molecule has 0 aliphatic carbocycles. The number of aryl methyl sites for hydroxylation is 2. The molecule has 2 aromatic carbocycles. The van der Waals surface area contributed by atoms with E-state index >= 15 is 0 Å². The second-order valence-corrected chi connectivity index (χ2v) is 6.29. The molecule has 0 aliphatic rings. The number of halogens is 1. The molecule has 0 aliphatic heterocycles. The SMILES string of the molecule is [C-]#[N+]c1ccc(Nc2nc(Cl)cc(Nc3c(C)cc(C#N)cc3C)n2)cc1. The Kier molecular flexibility index (Phi) is 5.21. The van der Waals surface area contributed by atoms with E-state index in [4.69, 9.17) is 23.4 Å². The van der Waals surface area contributed by atoms with Crippen molar-refractivity contribution < 1.29 is 0 Å². The molecule has 0 amide bonds. The Hall–Kier alpha value is -3.61. The number of rotatable bonds is 4. The van der Waals surface area contributed by atoms with Crippen LogP contribution in [-0.2, 0) is 0 Å². The molecular formula is C20H15ClN6. The van der Waals surface area contributed by atoms with Crippen LogP contribution in [0.1, 0.15) is 16.7 Å². The predicted molar refractivity (Wildman–Crippen MR) is 107 cm³/mol. The average molecular weight is 375 g/mol. The van der Waals surface area contributed by atoms with E-state index in [0.29, 0.717) is 23.0 Å². The third-order valence-electron chi connectivity index (χ3n) is 3.86. The van der Waals surface area contributed by atoms with Crippen LogP contribution >= 0.6 is 11.6 Å². The molecule has 1 heterocycles. The van der Waals surface area contributed by atoms with Gasteiger partial charge in [-0.15, -0.1) is 0 Å². The molecule has 0 saturated carbocycles. The fraction of sp³-hybridized carbons (Fsp3) is 0.100. The smallest absolute Gasteiger partial charge is 0.230 e. The number of nitriles is 1. The molecule has 0 unspecified atom stereocenters. The average Bonchev–Trinajstić information content (AvgIpc) is 2.64. The maximum atomic E-state index is 9.08. The maximum absolute atomic E-state index is 9.08. The summed E-state index contributed by atoms with van der Waals surface area (Å²) in [6.07, 6.45) is 0. The van der Waals surface area contributed by atoms with Crippen LogP contribution < -0.4 is 10.6 Å². The van der Waals surface area contributed by atoms with Gasteiger partial charge in [0.1, 0.15) is 11.0 Å². The van der Waals surface area contributed by atoms with Crippen molar-refractivity contribution in [3.63, 3.8) is 0 Å². The Bertz CT molecular complexity index is 1050. The Morgan fingerprint density at radius 3 is 2.30 bits per heavy atom. The lowest BCUT2D eigenvalue weighted by atomic mass is 10.0. The number of hydrogen-bond donors (Lipinski definition) is 2. The Labute approximate surface area is 162 Å². The summed E-state index contributed by atoms with van der Waals surface area (Å²) in [5, 5.41) is 15.7. The standard InChI is InChI=1S/C20H15ClN6/c1-12-8-14(11-22)9-13(2)19(12)26-18-10-17(21)25-20(27-18)24-16-6-4-15(23-3)5-7-16/h4-10H,1-2H3,(H2,24,25,26,27). The van der Waals surface area contributed by atoms with Gasteiger partial charge in [0.05, 0.1) is 18.2 Å². The third-order valence-corrected chi connectivity index (χ3v) is 4.06. The summed E-state index contributed by atoms with van der Waals surface area (Å²) in [6.45, 7) is 10.9. The van der Waals surface area contributed by atoms with Crippen molar-refractivity contribution in [3.8, 4) is 6.07 Å². The summed E-state index contributed by atoms with van der Waals surface area (Å²) in [5.41, 5.74) is 4.66. The summed E-state index contributed by atoms with van der Waals surface area (Å²) in [6, 6.07) is 14.4. The molecule has 2 N–H and O–H groups in total. The van der Waals surface area contributed by atoms with E-state index in [0.717, 1.165) is 22.5 Å². The van der Waals surface area contributed by atoms with Gasteiger partial charge in [0, 0.05) is 17.4 Å². The van der Waals surface area contributed by atoms with Gasteiger partial charge in [-0.1, -0.05) is 23.7 Å². The van der Waals surface area contributed by atoms with E-state index in [-0.39, 0.29) is 5.15 Å². The lowest BCUT2D eigenvalue weighted by Gasteiger charge is -2.14. The number of nitrogens with one attached hydrogen (secondary N) is 2. The van der Waals surface area contributed by atoms with Crippen molar-refractivity contribution in [1.82, 2.24) is 9.97 Å². The highest BCUT2D eigenvalue weighted by atomic mass is 35.5. The number of benzene rings is 2. The van der Waals surface area contributed by atoms with Crippen LogP contribution in [0.5, 0.6) is 0 Å². The molecule has 1 aromatic heterocycles. The van der Waals surface area contributed by atoms with Gasteiger partial charge in [-0.2, -0.15) is 10.2 Å². The van der Waals surface area contributed by atoms with Gasteiger partial charge in [-0.25, -0.2) is 9.83 Å². The molecule has 6 nitrogen and oxygen atoms in total. The molecule has 7 heteroatoms. The lowest BCUT2D eigenvalue weighted by Crippen LogP contribution is -2.03. The zero-order chi connectivity index (χ0) is 19.4. The summed E-state index contributed by atoms with van der Waals surface area (Å²) in [7, 11) is 0. The predicted octanol–water partition coefficient (Wildman–Crippen LogP) is 5.66. The first-order valence-corrected chi connectivity index (χ1v) is 8.44. The van der Waals surface area contributed by atoms with Gasteiger partial charge >= 0.3 is 0 Å². The quantitative estimate of drug-likeness (QED) is 0.455. The van der Waals surface area contributed by atoms with Gasteiger partial charge in [0.2, 0.25) is 5.95 Å². The van der Waals surface area contributed by atoms with Gasteiger partial charge in [0.25, 0.3) is 0 Å². The van der Waals surface area contributed by atoms with Gasteiger partial charge < -0.3 is 10.6 Å². The van der Waals surface area contributed by atoms with Gasteiger partial charge in [-0.3, -0.25) is 0 Å². The Balaban J connectivity index is 1.88. The maximum Gasteiger partial charge on any atom is 0.230 e. The van der Waals surface area contributed by atoms with Crippen molar-refractivity contribution in [1.29, 1.82) is 5.26 Å². The summed E-state index contributed by atoms with van der Waals surface area (Å²) in [5.74, 6) is 0.871. The van der Waals surface area contributed by atoms with E-state index in [1.807, 2.05) is 26.0 Å². The first kappa shape index (κ1) is 18.2. The highest BCUT2D eigenvalue weighted by Crippen LogP contribution is 2.27. The Morgan fingerprint density at radius 1 is 1.04 bits per heavy atom. The Morgan fingerprint density at radius 2 is 1.70 bits per heavy atom. The molecular weight excluding hydrogens is 360 g/mol. The minimum absolute atomic E-state index is 0.289. The zero-order valence-corrected chi connectivity index (χ0v) is 15.5. The number of hydrogen-bond acceptors (Lipinski definition) is 5. The first-order valence-electron chi connectivity index (χ1n) is 8.06. The second kappa shape index (κ2) is 7.74. The third kappa shape index (κ3) is 4.33. The summed E-state index contributed by atoms with van der Waals surface area (Å²) in [4.78, 5) is 12.0. The van der Waals surface area contributed by atoms with E-state index in [1.54, 1.807) is 30.3 Å². The fourth-order valence-electron chi connectivity index (χ4n) is 2.64. The largest absolute Gasteiger partial charge is 0.340 e. The van der Waals surface area contributed by atoms with Crippen molar-refractivity contribution in [2.24, 2.45) is 0 Å². The summed E-state index contributed by atoms with van der Waals surface area (Å²) < 4.78 is 0. The van der Waals surface area contributed by atoms with Crippen LogP contribution in [0.4, 0.5) is 28.8 Å². The second-order valence-electron chi connectivity index (χ2n) is 5.91. The normalized spacial score (nSPS) is 9.96.